The van der Waals surface area contributed by atoms with Crippen molar-refractivity contribution in [2.75, 3.05) is 18.4 Å². The predicted octanol–water partition coefficient (Wildman–Crippen LogP) is 0.508. The van der Waals surface area contributed by atoms with Gasteiger partial charge in [0.2, 0.25) is 5.91 Å². The van der Waals surface area contributed by atoms with Crippen LogP contribution in [0.3, 0.4) is 0 Å². The lowest BCUT2D eigenvalue weighted by Crippen LogP contribution is -2.43. The molecule has 114 valence electrons. The van der Waals surface area contributed by atoms with E-state index in [-0.39, 0.29) is 0 Å². The zero-order valence-corrected chi connectivity index (χ0v) is 10.4. The van der Waals surface area contributed by atoms with Gasteiger partial charge >= 0.3 is 12.0 Å². The fourth-order valence-corrected chi connectivity index (χ4v) is 1.37. The van der Waals surface area contributed by atoms with Crippen LogP contribution in [0.5, 0.6) is 0 Å². The number of halogens is 3. The summed E-state index contributed by atoms with van der Waals surface area (Å²) >= 11 is 0. The van der Waals surface area contributed by atoms with Crippen molar-refractivity contribution in [2.24, 2.45) is 5.73 Å². The Kier molecular flexibility index (Phi) is 5.11. The first-order valence-electron chi connectivity index (χ1n) is 5.42. The predicted molar refractivity (Wildman–Crippen MR) is 63.7 cm³/mol. The molecule has 0 spiro atoms. The Morgan fingerprint density at radius 3 is 2.29 bits per heavy atom. The van der Waals surface area contributed by atoms with Crippen molar-refractivity contribution >= 4 is 23.6 Å². The fraction of sp³-hybridized carbons (Fsp3) is 0.182. The van der Waals surface area contributed by atoms with Crippen LogP contribution in [-0.4, -0.2) is 41.0 Å². The molecule has 0 unspecified atom stereocenters. The van der Waals surface area contributed by atoms with Crippen LogP contribution in [0.15, 0.2) is 12.1 Å². The van der Waals surface area contributed by atoms with Gasteiger partial charge in [-0.3, -0.25) is 9.59 Å². The number of amides is 3. The summed E-state index contributed by atoms with van der Waals surface area (Å²) in [5.74, 6) is -7.36. The Morgan fingerprint density at radius 2 is 1.76 bits per heavy atom. The van der Waals surface area contributed by atoms with Crippen molar-refractivity contribution in [1.82, 2.24) is 4.90 Å². The second kappa shape index (κ2) is 6.59. The van der Waals surface area contributed by atoms with Gasteiger partial charge in [-0.15, -0.1) is 0 Å². The number of aliphatic carboxylic acids is 1. The van der Waals surface area contributed by atoms with E-state index < -0.39 is 54.1 Å². The molecule has 4 N–H and O–H groups in total. The van der Waals surface area contributed by atoms with Crippen molar-refractivity contribution in [3.63, 3.8) is 0 Å². The van der Waals surface area contributed by atoms with Crippen molar-refractivity contribution in [1.29, 1.82) is 0 Å². The Balaban J connectivity index is 2.93. The highest BCUT2D eigenvalue weighted by Gasteiger charge is 2.21. The van der Waals surface area contributed by atoms with E-state index in [4.69, 9.17) is 10.8 Å². The topological polar surface area (TPSA) is 113 Å². The minimum atomic E-state index is -1.80. The van der Waals surface area contributed by atoms with Gasteiger partial charge in [0.05, 0.1) is 5.69 Å². The van der Waals surface area contributed by atoms with Crippen LogP contribution in [-0.2, 0) is 9.59 Å². The largest absolute Gasteiger partial charge is 0.480 e. The molecule has 7 nitrogen and oxygen atoms in total. The normalized spacial score (nSPS) is 10.0. The second-order valence-electron chi connectivity index (χ2n) is 3.87. The molecule has 0 saturated carbocycles. The number of urea groups is 1. The van der Waals surface area contributed by atoms with E-state index in [1.165, 1.54) is 0 Å². The number of nitrogens with zero attached hydrogens (tertiary/aromatic N) is 1. The molecule has 1 rings (SSSR count). The number of nitrogens with two attached hydrogens (primary N) is 1. The number of benzene rings is 1. The van der Waals surface area contributed by atoms with Gasteiger partial charge in [-0.25, -0.2) is 18.0 Å². The van der Waals surface area contributed by atoms with Crippen molar-refractivity contribution in [3.05, 3.63) is 29.6 Å². The summed E-state index contributed by atoms with van der Waals surface area (Å²) in [4.78, 5) is 33.5. The lowest BCUT2D eigenvalue weighted by molar-refractivity contribution is -0.137. The average molecular weight is 305 g/mol. The van der Waals surface area contributed by atoms with E-state index in [0.717, 1.165) is 6.07 Å². The van der Waals surface area contributed by atoms with Crippen LogP contribution >= 0.6 is 0 Å². The number of carboxylic acid groups (broad SMARTS) is 1. The van der Waals surface area contributed by atoms with Crippen molar-refractivity contribution in [2.45, 2.75) is 0 Å². The minimum Gasteiger partial charge on any atom is -0.480 e. The highest BCUT2D eigenvalue weighted by molar-refractivity contribution is 5.94. The lowest BCUT2D eigenvalue weighted by Gasteiger charge is -2.19. The molecule has 0 aliphatic rings. The summed E-state index contributed by atoms with van der Waals surface area (Å²) in [6.45, 7) is -1.64. The molecule has 0 bridgehead atoms. The molecule has 0 saturated heterocycles. The summed E-state index contributed by atoms with van der Waals surface area (Å²) in [6, 6.07) is 0.111. The zero-order valence-electron chi connectivity index (χ0n) is 10.4. The van der Waals surface area contributed by atoms with E-state index in [1.54, 1.807) is 0 Å². The number of carbonyl (C=O) groups excluding carboxylic acids is 2. The number of hydrogen-bond donors (Lipinski definition) is 3. The molecule has 3 amide bonds. The first kappa shape index (κ1) is 16.3. The Bertz CT molecular complexity index is 578. The number of nitrogens with one attached hydrogen (secondary N) is 1. The Morgan fingerprint density at radius 1 is 1.14 bits per heavy atom. The van der Waals surface area contributed by atoms with E-state index in [1.807, 2.05) is 5.32 Å². The quantitative estimate of drug-likeness (QED) is 0.688. The van der Waals surface area contributed by atoms with Crippen LogP contribution in [0.25, 0.3) is 0 Å². The molecule has 0 heterocycles. The van der Waals surface area contributed by atoms with Crippen LogP contribution in [0, 0.1) is 17.5 Å². The van der Waals surface area contributed by atoms with E-state index in [2.05, 4.69) is 0 Å². The minimum absolute atomic E-state index is 0.464. The average Bonchev–Trinajstić information content (AvgIpc) is 2.37. The van der Waals surface area contributed by atoms with Crippen molar-refractivity contribution < 1.29 is 32.7 Å². The smallest absolute Gasteiger partial charge is 0.323 e. The van der Waals surface area contributed by atoms with Gasteiger partial charge in [-0.2, -0.15) is 0 Å². The number of carboxylic acids is 1. The van der Waals surface area contributed by atoms with Gasteiger partial charge in [0.25, 0.3) is 0 Å². The van der Waals surface area contributed by atoms with Crippen LogP contribution in [0.4, 0.5) is 23.7 Å². The molecular weight excluding hydrogens is 295 g/mol. The van der Waals surface area contributed by atoms with Gasteiger partial charge < -0.3 is 21.1 Å². The summed E-state index contributed by atoms with van der Waals surface area (Å²) in [6.07, 6.45) is 0. The molecule has 21 heavy (non-hydrogen) atoms. The third-order valence-corrected chi connectivity index (χ3v) is 2.24. The van der Waals surface area contributed by atoms with Gasteiger partial charge in [0.15, 0.2) is 17.5 Å². The third-order valence-electron chi connectivity index (χ3n) is 2.24. The molecule has 0 aliphatic carbocycles. The van der Waals surface area contributed by atoms with E-state index in [9.17, 15) is 27.6 Å². The number of carbonyl (C=O) groups is 3. The maximum atomic E-state index is 13.4. The number of hydrogen-bond acceptors (Lipinski definition) is 3. The third kappa shape index (κ3) is 4.37. The molecule has 0 radical (unpaired) electrons. The highest BCUT2D eigenvalue weighted by atomic mass is 19.2. The molecule has 10 heteroatoms. The molecule has 0 fully saturated rings. The molecule has 1 aromatic rings. The fourth-order valence-electron chi connectivity index (χ4n) is 1.37. The standard InChI is InChI=1S/C11H10F3N3O4/c12-5-1-2-6(10(14)9(5)13)16-11(21)17(3-7(15)18)4-8(19)20/h1-2H,3-4H2,(H2,15,18)(H,16,21)(H,19,20). The molecule has 1 aromatic carbocycles. The second-order valence-corrected chi connectivity index (χ2v) is 3.87. The SMILES string of the molecule is NC(=O)CN(CC(=O)O)C(=O)Nc1ccc(F)c(F)c1F. The van der Waals surface area contributed by atoms with Gasteiger partial charge in [-0.1, -0.05) is 0 Å². The first-order valence-corrected chi connectivity index (χ1v) is 5.42. The maximum absolute atomic E-state index is 13.4. The lowest BCUT2D eigenvalue weighted by atomic mass is 10.3. The zero-order chi connectivity index (χ0) is 16.2. The summed E-state index contributed by atoms with van der Waals surface area (Å²) in [7, 11) is 0. The van der Waals surface area contributed by atoms with Crippen LogP contribution < -0.4 is 11.1 Å². The summed E-state index contributed by atoms with van der Waals surface area (Å²) < 4.78 is 39.1. The van der Waals surface area contributed by atoms with E-state index >= 15 is 0 Å². The molecule has 0 aromatic heterocycles. The Hall–Kier alpha value is -2.78. The molecule has 0 aliphatic heterocycles. The molecular formula is C11H10F3N3O4. The first-order chi connectivity index (χ1) is 9.72. The van der Waals surface area contributed by atoms with E-state index in [0.29, 0.717) is 11.0 Å². The van der Waals surface area contributed by atoms with Gasteiger partial charge in [0, 0.05) is 0 Å². The van der Waals surface area contributed by atoms with Crippen molar-refractivity contribution in [3.8, 4) is 0 Å². The van der Waals surface area contributed by atoms with Gasteiger partial charge in [-0.05, 0) is 12.1 Å². The maximum Gasteiger partial charge on any atom is 0.323 e. The monoisotopic (exact) mass is 305 g/mol. The number of rotatable bonds is 5. The summed E-state index contributed by atoms with van der Waals surface area (Å²) in [5, 5.41) is 10.4. The number of anilines is 1. The number of primary amides is 1. The Labute approximate surface area is 116 Å². The molecule has 0 atom stereocenters. The summed E-state index contributed by atoms with van der Waals surface area (Å²) in [5.41, 5.74) is 4.13. The van der Waals surface area contributed by atoms with Crippen LogP contribution in [0.2, 0.25) is 0 Å². The van der Waals surface area contributed by atoms with Gasteiger partial charge in [0.1, 0.15) is 13.1 Å². The van der Waals surface area contributed by atoms with Crippen LogP contribution in [0.1, 0.15) is 0 Å². The highest BCUT2D eigenvalue weighted by Crippen LogP contribution is 2.19.